The van der Waals surface area contributed by atoms with Gasteiger partial charge in [0.15, 0.2) is 0 Å². The first-order valence-electron chi connectivity index (χ1n) is 8.21. The van der Waals surface area contributed by atoms with Crippen molar-refractivity contribution in [3.63, 3.8) is 0 Å². The number of hydrogen-bond donors (Lipinski definition) is 1. The van der Waals surface area contributed by atoms with Gasteiger partial charge in [-0.05, 0) is 43.8 Å². The van der Waals surface area contributed by atoms with Crippen molar-refractivity contribution in [2.24, 2.45) is 0 Å². The normalized spacial score (nSPS) is 12.2. The fraction of sp³-hybridized carbons (Fsp3) is 0.316. The number of likely N-dealkylation sites (N-methyl/N-ethyl adjacent to an activating group) is 1. The highest BCUT2D eigenvalue weighted by Gasteiger charge is 2.16. The number of benzene rings is 2. The van der Waals surface area contributed by atoms with Crippen LogP contribution in [0.2, 0.25) is 5.02 Å². The number of halogens is 2. The molecule has 0 bridgehead atoms. The van der Waals surface area contributed by atoms with Gasteiger partial charge in [0.25, 0.3) is 0 Å². The van der Waals surface area contributed by atoms with E-state index < -0.39 is 11.8 Å². The number of nitrogens with zero attached hydrogens (tertiary/aromatic N) is 1. The number of carbonyl (C=O) groups is 1. The van der Waals surface area contributed by atoms with Crippen LogP contribution < -0.4 is 4.74 Å². The zero-order valence-corrected chi connectivity index (χ0v) is 16.2. The molecule has 0 saturated heterocycles. The molecule has 2 rings (SSSR count). The fourth-order valence-electron chi connectivity index (χ4n) is 2.39. The molecule has 7 heteroatoms. The Bertz CT molecular complexity index is 759. The van der Waals surface area contributed by atoms with Crippen LogP contribution in [-0.4, -0.2) is 41.7 Å². The minimum atomic E-state index is -0.858. The van der Waals surface area contributed by atoms with Gasteiger partial charge in [-0.2, -0.15) is 0 Å². The Hall–Kier alpha value is -1.76. The second-order valence-electron chi connectivity index (χ2n) is 5.74. The maximum Gasteiger partial charge on any atom is 0.317 e. The molecule has 2 aromatic rings. The van der Waals surface area contributed by atoms with E-state index in [0.29, 0.717) is 18.9 Å². The van der Waals surface area contributed by atoms with Gasteiger partial charge in [0.2, 0.25) is 0 Å². The first-order chi connectivity index (χ1) is 12.4. The lowest BCUT2D eigenvalue weighted by atomic mass is 10.3. The zero-order valence-electron chi connectivity index (χ0n) is 14.6. The third kappa shape index (κ3) is 5.90. The predicted molar refractivity (Wildman–Crippen MR) is 102 cm³/mol. The van der Waals surface area contributed by atoms with Crippen LogP contribution in [0.3, 0.4) is 0 Å². The number of hydrogen-bond acceptors (Lipinski definition) is 4. The predicted octanol–water partition coefficient (Wildman–Crippen LogP) is 4.80. The van der Waals surface area contributed by atoms with Crippen molar-refractivity contribution in [1.29, 1.82) is 0 Å². The highest BCUT2D eigenvalue weighted by molar-refractivity contribution is 7.99. The van der Waals surface area contributed by atoms with Crippen molar-refractivity contribution < 1.29 is 19.0 Å². The number of carboxylic acids is 1. The smallest absolute Gasteiger partial charge is 0.317 e. The van der Waals surface area contributed by atoms with Gasteiger partial charge < -0.3 is 9.84 Å². The standard InChI is InChI=1S/C19H21ClFNO3S/c1-3-22(11-19(23)24)13(2)12-25-17-6-4-5-7-18(17)26-14-8-9-16(21)15(20)10-14/h4-10,13H,3,11-12H2,1-2H3,(H,23,24). The summed E-state index contributed by atoms with van der Waals surface area (Å²) in [6, 6.07) is 12.1. The summed E-state index contributed by atoms with van der Waals surface area (Å²) < 4.78 is 19.2. The summed E-state index contributed by atoms with van der Waals surface area (Å²) in [6.07, 6.45) is 0. The maximum atomic E-state index is 13.3. The van der Waals surface area contributed by atoms with Crippen LogP contribution >= 0.6 is 23.4 Å². The Balaban J connectivity index is 2.06. The van der Waals surface area contributed by atoms with Crippen LogP contribution in [0.15, 0.2) is 52.3 Å². The lowest BCUT2D eigenvalue weighted by molar-refractivity contribution is -0.138. The Morgan fingerprint density at radius 3 is 2.73 bits per heavy atom. The van der Waals surface area contributed by atoms with Gasteiger partial charge in [-0.15, -0.1) is 0 Å². The van der Waals surface area contributed by atoms with Crippen molar-refractivity contribution in [2.45, 2.75) is 29.7 Å². The van der Waals surface area contributed by atoms with E-state index in [1.807, 2.05) is 43.0 Å². The number of rotatable bonds is 9. The first-order valence-corrected chi connectivity index (χ1v) is 9.40. The van der Waals surface area contributed by atoms with Gasteiger partial charge in [-0.1, -0.05) is 42.4 Å². The summed E-state index contributed by atoms with van der Waals surface area (Å²) in [6.45, 7) is 4.82. The van der Waals surface area contributed by atoms with E-state index in [9.17, 15) is 9.18 Å². The number of carboxylic acid groups (broad SMARTS) is 1. The summed E-state index contributed by atoms with van der Waals surface area (Å²) in [7, 11) is 0. The number of ether oxygens (including phenoxy) is 1. The highest BCUT2D eigenvalue weighted by atomic mass is 35.5. The average Bonchev–Trinajstić information content (AvgIpc) is 2.61. The van der Waals surface area contributed by atoms with E-state index >= 15 is 0 Å². The van der Waals surface area contributed by atoms with E-state index in [1.165, 1.54) is 17.8 Å². The van der Waals surface area contributed by atoms with Gasteiger partial charge in [0.1, 0.15) is 18.2 Å². The molecular formula is C19H21ClFNO3S. The molecule has 1 atom stereocenters. The minimum absolute atomic E-state index is 0.0223. The third-order valence-electron chi connectivity index (χ3n) is 3.82. The second-order valence-corrected chi connectivity index (χ2v) is 7.26. The van der Waals surface area contributed by atoms with Crippen molar-refractivity contribution in [2.75, 3.05) is 19.7 Å². The second kappa shape index (κ2) is 9.80. The molecule has 0 aliphatic rings. The summed E-state index contributed by atoms with van der Waals surface area (Å²) in [4.78, 5) is 14.4. The van der Waals surface area contributed by atoms with Crippen molar-refractivity contribution in [3.8, 4) is 5.75 Å². The van der Waals surface area contributed by atoms with Crippen molar-refractivity contribution >= 4 is 29.3 Å². The molecule has 26 heavy (non-hydrogen) atoms. The summed E-state index contributed by atoms with van der Waals surface area (Å²) in [5, 5.41) is 9.05. The molecule has 1 unspecified atom stereocenters. The van der Waals surface area contributed by atoms with Crippen LogP contribution in [0, 0.1) is 5.82 Å². The van der Waals surface area contributed by atoms with E-state index in [1.54, 1.807) is 12.1 Å². The SMILES string of the molecule is CCN(CC(=O)O)C(C)COc1ccccc1Sc1ccc(F)c(Cl)c1. The molecule has 0 aliphatic carbocycles. The maximum absolute atomic E-state index is 13.3. The van der Waals surface area contributed by atoms with Gasteiger partial charge in [-0.25, -0.2) is 4.39 Å². The molecule has 4 nitrogen and oxygen atoms in total. The lowest BCUT2D eigenvalue weighted by Crippen LogP contribution is -2.40. The average molecular weight is 398 g/mol. The summed E-state index contributed by atoms with van der Waals surface area (Å²) >= 11 is 7.27. The van der Waals surface area contributed by atoms with Gasteiger partial charge in [0, 0.05) is 10.9 Å². The quantitative estimate of drug-likeness (QED) is 0.658. The molecule has 0 saturated carbocycles. The third-order valence-corrected chi connectivity index (χ3v) is 5.15. The van der Waals surface area contributed by atoms with Crippen LogP contribution in [0.4, 0.5) is 4.39 Å². The van der Waals surface area contributed by atoms with E-state index in [4.69, 9.17) is 21.4 Å². The Morgan fingerprint density at radius 2 is 2.08 bits per heavy atom. The van der Waals surface area contributed by atoms with Crippen molar-refractivity contribution in [3.05, 3.63) is 53.3 Å². The van der Waals surface area contributed by atoms with Crippen LogP contribution in [0.1, 0.15) is 13.8 Å². The molecule has 140 valence electrons. The van der Waals surface area contributed by atoms with E-state index in [2.05, 4.69) is 0 Å². The lowest BCUT2D eigenvalue weighted by Gasteiger charge is -2.26. The Labute approximate surface area is 161 Å². The van der Waals surface area contributed by atoms with Gasteiger partial charge >= 0.3 is 5.97 Å². The topological polar surface area (TPSA) is 49.8 Å². The Morgan fingerprint density at radius 1 is 1.35 bits per heavy atom. The number of aliphatic carboxylic acids is 1. The zero-order chi connectivity index (χ0) is 19.1. The molecule has 0 radical (unpaired) electrons. The molecular weight excluding hydrogens is 377 g/mol. The molecule has 2 aromatic carbocycles. The largest absolute Gasteiger partial charge is 0.491 e. The minimum Gasteiger partial charge on any atom is -0.491 e. The molecule has 0 spiro atoms. The fourth-order valence-corrected chi connectivity index (χ4v) is 3.58. The molecule has 0 amide bonds. The van der Waals surface area contributed by atoms with E-state index in [0.717, 1.165) is 9.79 Å². The summed E-state index contributed by atoms with van der Waals surface area (Å²) in [5.41, 5.74) is 0. The van der Waals surface area contributed by atoms with Crippen LogP contribution in [-0.2, 0) is 4.79 Å². The van der Waals surface area contributed by atoms with Crippen LogP contribution in [0.25, 0.3) is 0 Å². The first kappa shape index (κ1) is 20.6. The highest BCUT2D eigenvalue weighted by Crippen LogP contribution is 2.36. The van der Waals surface area contributed by atoms with Gasteiger partial charge in [0.05, 0.1) is 16.5 Å². The molecule has 1 N–H and O–H groups in total. The van der Waals surface area contributed by atoms with Gasteiger partial charge in [-0.3, -0.25) is 9.69 Å². The van der Waals surface area contributed by atoms with Crippen LogP contribution in [0.5, 0.6) is 5.75 Å². The number of para-hydroxylation sites is 1. The molecule has 0 fully saturated rings. The molecule has 0 aliphatic heterocycles. The molecule has 0 heterocycles. The Kier molecular flexibility index (Phi) is 7.75. The monoisotopic (exact) mass is 397 g/mol. The molecule has 0 aromatic heterocycles. The summed E-state index contributed by atoms with van der Waals surface area (Å²) in [5.74, 6) is -0.619. The van der Waals surface area contributed by atoms with Crippen molar-refractivity contribution in [1.82, 2.24) is 4.90 Å². The van der Waals surface area contributed by atoms with E-state index in [-0.39, 0.29) is 17.6 Å².